The Kier molecular flexibility index (Phi) is 7.99. The fraction of sp³-hybridized carbons (Fsp3) is 0.565. The molecule has 1 saturated carbocycles. The summed E-state index contributed by atoms with van der Waals surface area (Å²) in [6.07, 6.45) is 7.80. The fourth-order valence-electron chi connectivity index (χ4n) is 3.63. The Bertz CT molecular complexity index is 873. The van der Waals surface area contributed by atoms with Crippen LogP contribution in [0.1, 0.15) is 64.5 Å². The van der Waals surface area contributed by atoms with Crippen LogP contribution in [-0.4, -0.2) is 33.7 Å². The van der Waals surface area contributed by atoms with Gasteiger partial charge in [0.1, 0.15) is 11.4 Å². The summed E-state index contributed by atoms with van der Waals surface area (Å²) < 4.78 is 5.76. The number of H-pyrrole nitrogens is 1. The van der Waals surface area contributed by atoms with Crippen LogP contribution in [0.15, 0.2) is 29.1 Å². The zero-order valence-electron chi connectivity index (χ0n) is 17.9. The van der Waals surface area contributed by atoms with Gasteiger partial charge in [-0.15, -0.1) is 10.2 Å². The molecule has 2 N–H and O–H groups in total. The number of benzene rings is 1. The molecule has 1 aliphatic rings. The van der Waals surface area contributed by atoms with Gasteiger partial charge in [0.15, 0.2) is 5.82 Å². The molecule has 1 atom stereocenters. The van der Waals surface area contributed by atoms with Crippen LogP contribution in [-0.2, 0) is 11.2 Å². The molecule has 1 amide bonds. The van der Waals surface area contributed by atoms with Gasteiger partial charge in [0.05, 0.1) is 6.10 Å². The zero-order chi connectivity index (χ0) is 21.3. The van der Waals surface area contributed by atoms with Gasteiger partial charge < -0.3 is 15.0 Å². The zero-order valence-corrected chi connectivity index (χ0v) is 17.9. The molecule has 3 rings (SSSR count). The van der Waals surface area contributed by atoms with E-state index in [-0.39, 0.29) is 36.1 Å². The smallest absolute Gasteiger partial charge is 0.273 e. The number of aromatic nitrogens is 3. The van der Waals surface area contributed by atoms with E-state index < -0.39 is 0 Å². The first-order chi connectivity index (χ1) is 14.5. The number of hydrogen-bond donors (Lipinski definition) is 2. The number of carbonyl (C=O) groups is 1. The molecule has 1 fully saturated rings. The maximum Gasteiger partial charge on any atom is 0.273 e. The van der Waals surface area contributed by atoms with E-state index in [1.54, 1.807) is 0 Å². The summed E-state index contributed by atoms with van der Waals surface area (Å²) in [5.41, 5.74) is 0.733. The molecule has 0 radical (unpaired) electrons. The number of ether oxygens (including phenoxy) is 1. The molecule has 2 aromatic rings. The summed E-state index contributed by atoms with van der Waals surface area (Å²) in [5.74, 6) is 1.73. The summed E-state index contributed by atoms with van der Waals surface area (Å²) in [4.78, 5) is 27.2. The molecule has 1 aromatic carbocycles. The first kappa shape index (κ1) is 22.0. The van der Waals surface area contributed by atoms with Gasteiger partial charge in [-0.25, -0.2) is 0 Å². The summed E-state index contributed by atoms with van der Waals surface area (Å²) in [7, 11) is 0. The highest BCUT2D eigenvalue weighted by molar-refractivity contribution is 5.76. The van der Waals surface area contributed by atoms with Crippen molar-refractivity contribution in [1.82, 2.24) is 20.5 Å². The number of rotatable bonds is 9. The minimum absolute atomic E-state index is 0.0391. The average molecular weight is 413 g/mol. The molecule has 30 heavy (non-hydrogen) atoms. The van der Waals surface area contributed by atoms with E-state index in [2.05, 4.69) is 27.4 Å². The number of aryl methyl sites for hydroxylation is 1. The Hall–Kier alpha value is -2.70. The van der Waals surface area contributed by atoms with Crippen molar-refractivity contribution in [2.45, 2.75) is 71.3 Å². The summed E-state index contributed by atoms with van der Waals surface area (Å²) in [5, 5.41) is 11.2. The Balaban J connectivity index is 1.52. The van der Waals surface area contributed by atoms with Crippen molar-refractivity contribution < 1.29 is 9.53 Å². The molecule has 0 aliphatic heterocycles. The largest absolute Gasteiger partial charge is 0.491 e. The van der Waals surface area contributed by atoms with Crippen LogP contribution in [0.3, 0.4) is 0 Å². The Morgan fingerprint density at radius 2 is 1.93 bits per heavy atom. The Labute approximate surface area is 177 Å². The quantitative estimate of drug-likeness (QED) is 0.655. The van der Waals surface area contributed by atoms with Gasteiger partial charge in [-0.2, -0.15) is 0 Å². The van der Waals surface area contributed by atoms with Gasteiger partial charge >= 0.3 is 0 Å². The van der Waals surface area contributed by atoms with Crippen LogP contribution < -0.4 is 15.6 Å². The third kappa shape index (κ3) is 6.40. The van der Waals surface area contributed by atoms with E-state index in [1.165, 1.54) is 32.1 Å². The number of carbonyl (C=O) groups excluding carboxylic acids is 1. The van der Waals surface area contributed by atoms with Crippen molar-refractivity contribution >= 4 is 5.91 Å². The van der Waals surface area contributed by atoms with Gasteiger partial charge in [-0.1, -0.05) is 26.2 Å². The molecule has 0 spiro atoms. The summed E-state index contributed by atoms with van der Waals surface area (Å²) in [6.45, 7) is 4.82. The number of aromatic amines is 1. The molecule has 7 heteroatoms. The standard InChI is InChI=1S/C23H32N4O3/c1-3-16(2)30-19-11-9-18(10-12-19)22-25-23(29)20(26-27-22)13-14-21(28)24-15-17-7-5-4-6-8-17/h9-12,16-17H,3-8,13-15H2,1-2H3,(H,24,28)(H,25,27,29). The molecule has 0 bridgehead atoms. The highest BCUT2D eigenvalue weighted by atomic mass is 16.5. The molecule has 7 nitrogen and oxygen atoms in total. The number of hydrogen-bond acceptors (Lipinski definition) is 5. The molecular weight excluding hydrogens is 380 g/mol. The first-order valence-corrected chi connectivity index (χ1v) is 11.0. The van der Waals surface area contributed by atoms with Crippen molar-refractivity contribution in [1.29, 1.82) is 0 Å². The molecule has 1 aromatic heterocycles. The fourth-order valence-corrected chi connectivity index (χ4v) is 3.63. The number of amides is 1. The van der Waals surface area contributed by atoms with Gasteiger partial charge in [0, 0.05) is 24.9 Å². The molecule has 162 valence electrons. The van der Waals surface area contributed by atoms with Crippen molar-refractivity contribution in [2.24, 2.45) is 5.92 Å². The van der Waals surface area contributed by atoms with Crippen LogP contribution in [0, 0.1) is 5.92 Å². The highest BCUT2D eigenvalue weighted by Gasteiger charge is 2.15. The van der Waals surface area contributed by atoms with E-state index in [0.717, 1.165) is 24.3 Å². The van der Waals surface area contributed by atoms with Crippen molar-refractivity contribution in [3.63, 3.8) is 0 Å². The summed E-state index contributed by atoms with van der Waals surface area (Å²) >= 11 is 0. The minimum Gasteiger partial charge on any atom is -0.491 e. The van der Waals surface area contributed by atoms with Gasteiger partial charge in [0.25, 0.3) is 5.56 Å². The summed E-state index contributed by atoms with van der Waals surface area (Å²) in [6, 6.07) is 7.39. The lowest BCUT2D eigenvalue weighted by Crippen LogP contribution is -2.31. The van der Waals surface area contributed by atoms with E-state index in [9.17, 15) is 9.59 Å². The van der Waals surface area contributed by atoms with Crippen LogP contribution >= 0.6 is 0 Å². The molecular formula is C23H32N4O3. The highest BCUT2D eigenvalue weighted by Crippen LogP contribution is 2.23. The normalized spacial score (nSPS) is 15.5. The maximum absolute atomic E-state index is 12.4. The first-order valence-electron chi connectivity index (χ1n) is 11.0. The lowest BCUT2D eigenvalue weighted by molar-refractivity contribution is -0.121. The maximum atomic E-state index is 12.4. The van der Waals surface area contributed by atoms with E-state index in [4.69, 9.17) is 4.74 Å². The van der Waals surface area contributed by atoms with Crippen LogP contribution in [0.5, 0.6) is 5.75 Å². The third-order valence-corrected chi connectivity index (χ3v) is 5.71. The van der Waals surface area contributed by atoms with Gasteiger partial charge in [0.2, 0.25) is 5.91 Å². The number of nitrogens with one attached hydrogen (secondary N) is 2. The van der Waals surface area contributed by atoms with Crippen molar-refractivity contribution in [3.05, 3.63) is 40.3 Å². The second-order valence-electron chi connectivity index (χ2n) is 8.12. The van der Waals surface area contributed by atoms with Crippen LogP contribution in [0.4, 0.5) is 0 Å². The molecule has 1 heterocycles. The van der Waals surface area contributed by atoms with Crippen LogP contribution in [0.25, 0.3) is 11.4 Å². The topological polar surface area (TPSA) is 97.0 Å². The van der Waals surface area contributed by atoms with E-state index in [1.807, 2.05) is 31.2 Å². The second kappa shape index (κ2) is 10.9. The lowest BCUT2D eigenvalue weighted by Gasteiger charge is -2.21. The SMILES string of the molecule is CCC(C)Oc1ccc(-c2nnc(CCC(=O)NCC3CCCCC3)c(=O)[nH]2)cc1. The average Bonchev–Trinajstić information content (AvgIpc) is 2.78. The van der Waals surface area contributed by atoms with Crippen LogP contribution in [0.2, 0.25) is 0 Å². The monoisotopic (exact) mass is 412 g/mol. The third-order valence-electron chi connectivity index (χ3n) is 5.71. The van der Waals surface area contributed by atoms with Gasteiger partial charge in [-0.3, -0.25) is 9.59 Å². The predicted molar refractivity (Wildman–Crippen MR) is 116 cm³/mol. The lowest BCUT2D eigenvalue weighted by atomic mass is 9.89. The Morgan fingerprint density at radius 3 is 2.60 bits per heavy atom. The second-order valence-corrected chi connectivity index (χ2v) is 8.12. The van der Waals surface area contributed by atoms with Crippen molar-refractivity contribution in [3.8, 4) is 17.1 Å². The minimum atomic E-state index is -0.306. The van der Waals surface area contributed by atoms with E-state index >= 15 is 0 Å². The molecule has 1 aliphatic carbocycles. The predicted octanol–water partition coefficient (Wildman–Crippen LogP) is 3.64. The number of nitrogens with zero attached hydrogens (tertiary/aromatic N) is 2. The van der Waals surface area contributed by atoms with Gasteiger partial charge in [-0.05, 0) is 56.4 Å². The molecule has 1 unspecified atom stereocenters. The van der Waals surface area contributed by atoms with E-state index in [0.29, 0.717) is 11.7 Å². The molecule has 0 saturated heterocycles. The van der Waals surface area contributed by atoms with Crippen molar-refractivity contribution in [2.75, 3.05) is 6.54 Å². The Morgan fingerprint density at radius 1 is 1.20 bits per heavy atom.